The second kappa shape index (κ2) is 9.40. The van der Waals surface area contributed by atoms with Gasteiger partial charge in [0.2, 0.25) is 0 Å². The molecule has 0 aliphatic carbocycles. The second-order valence-corrected chi connectivity index (χ2v) is 7.26. The monoisotopic (exact) mass is 426 g/mol. The number of benzene rings is 2. The summed E-state index contributed by atoms with van der Waals surface area (Å²) in [5, 5.41) is 18.4. The Balaban J connectivity index is 1.86. The SMILES string of the molecule is CN(CC(=O)O)[C@@H]1CC(C(=O)Oc2ccccc2C(=O)O)N(C(=O)c2ccccc2)C1. The number of rotatable bonds is 7. The first-order chi connectivity index (χ1) is 14.8. The number of hydrogen-bond donors (Lipinski definition) is 2. The van der Waals surface area contributed by atoms with E-state index in [0.717, 1.165) is 0 Å². The normalized spacial score (nSPS) is 18.1. The Hall–Kier alpha value is -3.72. The zero-order valence-electron chi connectivity index (χ0n) is 16.8. The van der Waals surface area contributed by atoms with Crippen molar-refractivity contribution in [3.8, 4) is 5.75 Å². The molecule has 2 aromatic carbocycles. The summed E-state index contributed by atoms with van der Waals surface area (Å²) in [5.74, 6) is -3.55. The molecular formula is C22H22N2O7. The highest BCUT2D eigenvalue weighted by molar-refractivity contribution is 5.98. The molecule has 1 unspecified atom stereocenters. The molecule has 1 aliphatic rings. The van der Waals surface area contributed by atoms with Gasteiger partial charge in [-0.3, -0.25) is 14.5 Å². The molecule has 9 nitrogen and oxygen atoms in total. The van der Waals surface area contributed by atoms with Crippen molar-refractivity contribution in [2.45, 2.75) is 18.5 Å². The number of hydrogen-bond acceptors (Lipinski definition) is 6. The van der Waals surface area contributed by atoms with Gasteiger partial charge < -0.3 is 19.8 Å². The second-order valence-electron chi connectivity index (χ2n) is 7.26. The molecule has 2 N–H and O–H groups in total. The molecule has 1 fully saturated rings. The molecule has 1 aliphatic heterocycles. The lowest BCUT2D eigenvalue weighted by Gasteiger charge is -2.24. The van der Waals surface area contributed by atoms with Crippen LogP contribution in [0.2, 0.25) is 0 Å². The number of nitrogens with zero attached hydrogens (tertiary/aromatic N) is 2. The number of ether oxygens (including phenoxy) is 1. The van der Waals surface area contributed by atoms with Crippen molar-refractivity contribution in [2.24, 2.45) is 0 Å². The molecule has 1 heterocycles. The van der Waals surface area contributed by atoms with E-state index in [-0.39, 0.29) is 42.8 Å². The number of carboxylic acid groups (broad SMARTS) is 2. The molecule has 0 saturated carbocycles. The van der Waals surface area contributed by atoms with Gasteiger partial charge in [0.15, 0.2) is 0 Å². The number of para-hydroxylation sites is 1. The van der Waals surface area contributed by atoms with Crippen LogP contribution in [0.4, 0.5) is 0 Å². The minimum absolute atomic E-state index is 0.116. The van der Waals surface area contributed by atoms with Crippen molar-refractivity contribution in [3.63, 3.8) is 0 Å². The number of aromatic carboxylic acids is 1. The lowest BCUT2D eigenvalue weighted by Crippen LogP contribution is -2.43. The molecule has 31 heavy (non-hydrogen) atoms. The maximum absolute atomic E-state index is 13.1. The summed E-state index contributed by atoms with van der Waals surface area (Å²) in [7, 11) is 1.61. The smallest absolute Gasteiger partial charge is 0.339 e. The Morgan fingerprint density at radius 3 is 2.32 bits per heavy atom. The van der Waals surface area contributed by atoms with Gasteiger partial charge in [0.25, 0.3) is 5.91 Å². The van der Waals surface area contributed by atoms with Gasteiger partial charge in [-0.2, -0.15) is 0 Å². The summed E-state index contributed by atoms with van der Waals surface area (Å²) in [6.45, 7) is -0.112. The molecule has 9 heteroatoms. The van der Waals surface area contributed by atoms with Crippen LogP contribution in [0.3, 0.4) is 0 Å². The summed E-state index contributed by atoms with van der Waals surface area (Å²) < 4.78 is 5.37. The van der Waals surface area contributed by atoms with Gasteiger partial charge in [-0.25, -0.2) is 9.59 Å². The van der Waals surface area contributed by atoms with Crippen LogP contribution in [0, 0.1) is 0 Å². The topological polar surface area (TPSA) is 124 Å². The summed E-state index contributed by atoms with van der Waals surface area (Å²) >= 11 is 0. The van der Waals surface area contributed by atoms with Crippen molar-refractivity contribution < 1.29 is 34.1 Å². The fourth-order valence-electron chi connectivity index (χ4n) is 3.58. The van der Waals surface area contributed by atoms with E-state index in [4.69, 9.17) is 9.84 Å². The van der Waals surface area contributed by atoms with E-state index in [2.05, 4.69) is 0 Å². The Bertz CT molecular complexity index is 992. The Kier molecular flexibility index (Phi) is 6.66. The van der Waals surface area contributed by atoms with Crippen LogP contribution in [0.15, 0.2) is 54.6 Å². The predicted octanol–water partition coefficient (Wildman–Crippen LogP) is 1.59. The molecule has 0 aromatic heterocycles. The maximum atomic E-state index is 13.1. The molecule has 0 bridgehead atoms. The number of amides is 1. The van der Waals surface area contributed by atoms with E-state index in [1.807, 2.05) is 0 Å². The highest BCUT2D eigenvalue weighted by atomic mass is 16.5. The van der Waals surface area contributed by atoms with Crippen molar-refractivity contribution in [1.82, 2.24) is 9.80 Å². The molecule has 162 valence electrons. The van der Waals surface area contributed by atoms with Gasteiger partial charge in [-0.1, -0.05) is 30.3 Å². The van der Waals surface area contributed by atoms with E-state index in [0.29, 0.717) is 5.56 Å². The number of aliphatic carboxylic acids is 1. The predicted molar refractivity (Wildman–Crippen MR) is 109 cm³/mol. The van der Waals surface area contributed by atoms with Gasteiger partial charge >= 0.3 is 17.9 Å². The molecule has 3 rings (SSSR count). The fraction of sp³-hybridized carbons (Fsp3) is 0.273. The summed E-state index contributed by atoms with van der Waals surface area (Å²) in [6.07, 6.45) is 0.163. The summed E-state index contributed by atoms with van der Waals surface area (Å²) in [6, 6.07) is 12.8. The van der Waals surface area contributed by atoms with Gasteiger partial charge in [0.1, 0.15) is 17.4 Å². The Morgan fingerprint density at radius 1 is 1.03 bits per heavy atom. The van der Waals surface area contributed by atoms with Gasteiger partial charge in [0, 0.05) is 18.2 Å². The van der Waals surface area contributed by atoms with Crippen LogP contribution in [0.25, 0.3) is 0 Å². The van der Waals surface area contributed by atoms with E-state index in [9.17, 15) is 24.3 Å². The van der Waals surface area contributed by atoms with Crippen molar-refractivity contribution in [2.75, 3.05) is 20.1 Å². The third-order valence-electron chi connectivity index (χ3n) is 5.17. The maximum Gasteiger partial charge on any atom is 0.339 e. The van der Waals surface area contributed by atoms with Crippen LogP contribution in [0.1, 0.15) is 27.1 Å². The van der Waals surface area contributed by atoms with E-state index in [1.165, 1.54) is 23.1 Å². The van der Waals surface area contributed by atoms with Crippen LogP contribution < -0.4 is 4.74 Å². The summed E-state index contributed by atoms with van der Waals surface area (Å²) in [4.78, 5) is 51.5. The van der Waals surface area contributed by atoms with Crippen LogP contribution in [0.5, 0.6) is 5.75 Å². The Labute approximate surface area is 178 Å². The van der Waals surface area contributed by atoms with Crippen molar-refractivity contribution >= 4 is 23.8 Å². The minimum atomic E-state index is -1.24. The average molecular weight is 426 g/mol. The van der Waals surface area contributed by atoms with Crippen molar-refractivity contribution in [3.05, 3.63) is 65.7 Å². The van der Waals surface area contributed by atoms with Gasteiger partial charge in [-0.15, -0.1) is 0 Å². The molecule has 2 atom stereocenters. The zero-order valence-corrected chi connectivity index (χ0v) is 16.8. The first kappa shape index (κ1) is 22.0. The highest BCUT2D eigenvalue weighted by Gasteiger charge is 2.43. The van der Waals surface area contributed by atoms with Crippen molar-refractivity contribution in [1.29, 1.82) is 0 Å². The third kappa shape index (κ3) is 5.07. The number of carboxylic acids is 2. The van der Waals surface area contributed by atoms with Crippen LogP contribution >= 0.6 is 0 Å². The molecule has 0 radical (unpaired) electrons. The zero-order chi connectivity index (χ0) is 22.5. The molecule has 1 saturated heterocycles. The number of likely N-dealkylation sites (tertiary alicyclic amines) is 1. The van der Waals surface area contributed by atoms with E-state index < -0.39 is 23.9 Å². The number of carbonyl (C=O) groups excluding carboxylic acids is 2. The molecule has 0 spiro atoms. The standard InChI is InChI=1S/C22H22N2O7/c1-23(13-19(25)26)15-11-17(24(12-15)20(27)14-7-3-2-4-8-14)22(30)31-18-10-6-5-9-16(18)21(28)29/h2-10,15,17H,11-13H2,1H3,(H,25,26)(H,28,29)/t15-,17?/m1/s1. The molecule has 1 amide bonds. The van der Waals surface area contributed by atoms with Crippen LogP contribution in [-0.4, -0.2) is 76.0 Å². The van der Waals surface area contributed by atoms with Gasteiger partial charge in [0.05, 0.1) is 6.54 Å². The van der Waals surface area contributed by atoms with E-state index in [1.54, 1.807) is 48.3 Å². The molecule has 2 aromatic rings. The van der Waals surface area contributed by atoms with Gasteiger partial charge in [-0.05, 0) is 37.7 Å². The van der Waals surface area contributed by atoms with E-state index >= 15 is 0 Å². The first-order valence-electron chi connectivity index (χ1n) is 9.60. The number of carbonyl (C=O) groups is 4. The Morgan fingerprint density at radius 2 is 1.68 bits per heavy atom. The lowest BCUT2D eigenvalue weighted by atomic mass is 10.1. The summed E-state index contributed by atoms with van der Waals surface area (Å²) in [5.41, 5.74) is 0.210. The fourth-order valence-corrected chi connectivity index (χ4v) is 3.58. The third-order valence-corrected chi connectivity index (χ3v) is 5.17. The number of likely N-dealkylation sites (N-methyl/N-ethyl adjacent to an activating group) is 1. The quantitative estimate of drug-likeness (QED) is 0.505. The lowest BCUT2D eigenvalue weighted by molar-refractivity contribution is -0.139. The highest BCUT2D eigenvalue weighted by Crippen LogP contribution is 2.27. The first-order valence-corrected chi connectivity index (χ1v) is 9.60. The average Bonchev–Trinajstić information content (AvgIpc) is 3.19. The number of esters is 1. The van der Waals surface area contributed by atoms with Crippen LogP contribution in [-0.2, 0) is 9.59 Å². The largest absolute Gasteiger partial charge is 0.480 e. The molecular weight excluding hydrogens is 404 g/mol. The minimum Gasteiger partial charge on any atom is -0.480 e.